The van der Waals surface area contributed by atoms with E-state index in [0.717, 1.165) is 9.13 Å². The Morgan fingerprint density at radius 2 is 1.95 bits per heavy atom. The minimum Gasteiger partial charge on any atom is -0.388 e. The zero-order chi connectivity index (χ0) is 13.8. The number of hydrogen-bond acceptors (Lipinski definition) is 3. The summed E-state index contributed by atoms with van der Waals surface area (Å²) in [5.74, 6) is 0. The van der Waals surface area contributed by atoms with E-state index in [9.17, 15) is 15.2 Å². The van der Waals surface area contributed by atoms with Crippen LogP contribution in [0.3, 0.4) is 0 Å². The van der Waals surface area contributed by atoms with Crippen molar-refractivity contribution in [2.45, 2.75) is 12.5 Å². The Labute approximate surface area is 124 Å². The highest BCUT2D eigenvalue weighted by Gasteiger charge is 2.17. The highest BCUT2D eigenvalue weighted by molar-refractivity contribution is 14.1. The highest BCUT2D eigenvalue weighted by Crippen LogP contribution is 2.25. The number of nitro groups is 1. The van der Waals surface area contributed by atoms with Gasteiger partial charge in [0, 0.05) is 21.6 Å². The SMILES string of the molecule is O=[N+]([O-])c1ccccc1CC(O)c1cccc(I)c1. The van der Waals surface area contributed by atoms with Crippen LogP contribution in [0.2, 0.25) is 0 Å². The second-order valence-electron chi connectivity index (χ2n) is 4.16. The standard InChI is InChI=1S/C14H12INO3/c15-12-6-3-5-11(8-12)14(17)9-10-4-1-2-7-13(10)16(18)19/h1-8,14,17H,9H2. The number of nitro benzene ring substituents is 1. The normalized spacial score (nSPS) is 12.1. The molecule has 2 aromatic rings. The third-order valence-corrected chi connectivity index (χ3v) is 3.51. The van der Waals surface area contributed by atoms with Crippen LogP contribution in [-0.4, -0.2) is 10.0 Å². The highest BCUT2D eigenvalue weighted by atomic mass is 127. The van der Waals surface area contributed by atoms with Crippen LogP contribution in [0, 0.1) is 13.7 Å². The molecule has 2 aromatic carbocycles. The molecule has 0 aliphatic rings. The van der Waals surface area contributed by atoms with Gasteiger partial charge in [0.15, 0.2) is 0 Å². The molecule has 0 heterocycles. The summed E-state index contributed by atoms with van der Waals surface area (Å²) in [6.07, 6.45) is -0.507. The van der Waals surface area contributed by atoms with Crippen molar-refractivity contribution < 1.29 is 10.0 Å². The van der Waals surface area contributed by atoms with Gasteiger partial charge in [-0.1, -0.05) is 30.3 Å². The van der Waals surface area contributed by atoms with E-state index in [0.29, 0.717) is 5.56 Å². The van der Waals surface area contributed by atoms with Crippen LogP contribution < -0.4 is 0 Å². The maximum absolute atomic E-state index is 10.9. The van der Waals surface area contributed by atoms with Crippen LogP contribution in [0.5, 0.6) is 0 Å². The van der Waals surface area contributed by atoms with Gasteiger partial charge in [-0.15, -0.1) is 0 Å². The first-order valence-corrected chi connectivity index (χ1v) is 6.81. The van der Waals surface area contributed by atoms with Crippen molar-refractivity contribution in [3.63, 3.8) is 0 Å². The summed E-state index contributed by atoms with van der Waals surface area (Å²) in [5.41, 5.74) is 1.36. The van der Waals surface area contributed by atoms with Crippen molar-refractivity contribution in [3.05, 3.63) is 73.3 Å². The number of halogens is 1. The van der Waals surface area contributed by atoms with Crippen molar-refractivity contribution in [1.29, 1.82) is 0 Å². The van der Waals surface area contributed by atoms with Gasteiger partial charge in [-0.25, -0.2) is 0 Å². The first-order chi connectivity index (χ1) is 9.08. The molecule has 19 heavy (non-hydrogen) atoms. The van der Waals surface area contributed by atoms with Gasteiger partial charge < -0.3 is 5.11 Å². The number of rotatable bonds is 4. The fourth-order valence-electron chi connectivity index (χ4n) is 1.90. The predicted molar refractivity (Wildman–Crippen MR) is 80.9 cm³/mol. The molecule has 2 rings (SSSR count). The number of benzene rings is 2. The Kier molecular flexibility index (Phi) is 4.49. The van der Waals surface area contributed by atoms with Crippen molar-refractivity contribution in [2.24, 2.45) is 0 Å². The first kappa shape index (κ1) is 14.0. The van der Waals surface area contributed by atoms with Gasteiger partial charge in [-0.05, 0) is 40.3 Å². The fourth-order valence-corrected chi connectivity index (χ4v) is 2.47. The molecule has 0 aromatic heterocycles. The molecule has 1 atom stereocenters. The molecule has 1 unspecified atom stereocenters. The molecular formula is C14H12INO3. The summed E-state index contributed by atoms with van der Waals surface area (Å²) in [6, 6.07) is 14.0. The van der Waals surface area contributed by atoms with E-state index in [4.69, 9.17) is 0 Å². The van der Waals surface area contributed by atoms with Gasteiger partial charge in [0.1, 0.15) is 0 Å². The minimum atomic E-state index is -0.740. The number of nitrogens with zero attached hydrogens (tertiary/aromatic N) is 1. The minimum absolute atomic E-state index is 0.0483. The second kappa shape index (κ2) is 6.12. The molecule has 0 saturated heterocycles. The summed E-state index contributed by atoms with van der Waals surface area (Å²) in [5, 5.41) is 21.1. The number of aliphatic hydroxyl groups excluding tert-OH is 1. The first-order valence-electron chi connectivity index (χ1n) is 5.74. The average Bonchev–Trinajstić information content (AvgIpc) is 2.39. The third-order valence-electron chi connectivity index (χ3n) is 2.84. The van der Waals surface area contributed by atoms with Gasteiger partial charge >= 0.3 is 0 Å². The van der Waals surface area contributed by atoms with Crippen molar-refractivity contribution >= 4 is 28.3 Å². The molecule has 1 N–H and O–H groups in total. The fraction of sp³-hybridized carbons (Fsp3) is 0.143. The van der Waals surface area contributed by atoms with Crippen molar-refractivity contribution in [2.75, 3.05) is 0 Å². The molecule has 0 aliphatic carbocycles. The maximum Gasteiger partial charge on any atom is 0.272 e. The van der Waals surface area contributed by atoms with Crippen LogP contribution in [0.1, 0.15) is 17.2 Å². The van der Waals surface area contributed by atoms with Crippen molar-refractivity contribution in [3.8, 4) is 0 Å². The topological polar surface area (TPSA) is 63.4 Å². The predicted octanol–water partition coefficient (Wildman–Crippen LogP) is 3.48. The molecule has 0 radical (unpaired) electrons. The smallest absolute Gasteiger partial charge is 0.272 e. The van der Waals surface area contributed by atoms with E-state index < -0.39 is 11.0 Å². The van der Waals surface area contributed by atoms with Crippen LogP contribution in [0.25, 0.3) is 0 Å². The van der Waals surface area contributed by atoms with Gasteiger partial charge in [-0.2, -0.15) is 0 Å². The van der Waals surface area contributed by atoms with E-state index in [-0.39, 0.29) is 12.1 Å². The molecular weight excluding hydrogens is 357 g/mol. The lowest BCUT2D eigenvalue weighted by Crippen LogP contribution is -2.04. The number of hydrogen-bond donors (Lipinski definition) is 1. The lowest BCUT2D eigenvalue weighted by Gasteiger charge is -2.11. The molecule has 0 saturated carbocycles. The van der Waals surface area contributed by atoms with Crippen LogP contribution in [0.4, 0.5) is 5.69 Å². The van der Waals surface area contributed by atoms with Crippen molar-refractivity contribution in [1.82, 2.24) is 0 Å². The van der Waals surface area contributed by atoms with Crippen LogP contribution in [0.15, 0.2) is 48.5 Å². The average molecular weight is 369 g/mol. The largest absolute Gasteiger partial charge is 0.388 e. The Balaban J connectivity index is 2.24. The van der Waals surface area contributed by atoms with Crippen LogP contribution >= 0.6 is 22.6 Å². The van der Waals surface area contributed by atoms with E-state index >= 15 is 0 Å². The molecule has 0 amide bonds. The van der Waals surface area contributed by atoms with Gasteiger partial charge in [-0.3, -0.25) is 10.1 Å². The molecule has 0 fully saturated rings. The summed E-state index contributed by atoms with van der Waals surface area (Å²) in [6.45, 7) is 0. The molecule has 5 heteroatoms. The van der Waals surface area contributed by atoms with E-state index in [2.05, 4.69) is 22.6 Å². The summed E-state index contributed by atoms with van der Waals surface area (Å²) < 4.78 is 1.02. The Bertz CT molecular complexity index is 601. The Morgan fingerprint density at radius 1 is 1.21 bits per heavy atom. The monoisotopic (exact) mass is 369 g/mol. The summed E-state index contributed by atoms with van der Waals surface area (Å²) in [4.78, 5) is 10.5. The lowest BCUT2D eigenvalue weighted by molar-refractivity contribution is -0.385. The molecule has 0 aliphatic heterocycles. The second-order valence-corrected chi connectivity index (χ2v) is 5.41. The zero-order valence-electron chi connectivity index (χ0n) is 9.99. The van der Waals surface area contributed by atoms with Gasteiger partial charge in [0.25, 0.3) is 5.69 Å². The molecule has 4 nitrogen and oxygen atoms in total. The Hall–Kier alpha value is -1.47. The quantitative estimate of drug-likeness (QED) is 0.510. The van der Waals surface area contributed by atoms with E-state index in [1.807, 2.05) is 24.3 Å². The van der Waals surface area contributed by atoms with E-state index in [1.54, 1.807) is 18.2 Å². The van der Waals surface area contributed by atoms with Gasteiger partial charge in [0.05, 0.1) is 11.0 Å². The van der Waals surface area contributed by atoms with E-state index in [1.165, 1.54) is 6.07 Å². The van der Waals surface area contributed by atoms with Gasteiger partial charge in [0.2, 0.25) is 0 Å². The molecule has 0 spiro atoms. The number of para-hydroxylation sites is 1. The molecule has 0 bridgehead atoms. The lowest BCUT2D eigenvalue weighted by atomic mass is 10.0. The molecule has 98 valence electrons. The van der Waals surface area contributed by atoms with Crippen LogP contribution in [-0.2, 0) is 6.42 Å². The summed E-state index contributed by atoms with van der Waals surface area (Å²) >= 11 is 2.17. The Morgan fingerprint density at radius 3 is 2.63 bits per heavy atom. The number of aliphatic hydroxyl groups is 1. The maximum atomic E-state index is 10.9. The zero-order valence-corrected chi connectivity index (χ0v) is 12.1. The summed E-state index contributed by atoms with van der Waals surface area (Å²) in [7, 11) is 0. The third kappa shape index (κ3) is 3.51.